The maximum atomic E-state index is 5.96. The summed E-state index contributed by atoms with van der Waals surface area (Å²) in [5.41, 5.74) is 26.8. The Morgan fingerprint density at radius 2 is 0.523 bits per heavy atom. The van der Waals surface area contributed by atoms with Crippen molar-refractivity contribution in [1.29, 1.82) is 0 Å². The average molecular weight is 2680 g/mol. The molecule has 0 saturated heterocycles. The number of anilines is 10. The van der Waals surface area contributed by atoms with Gasteiger partial charge in [-0.1, -0.05) is 62.7 Å². The number of benzene rings is 10. The van der Waals surface area contributed by atoms with Crippen LogP contribution in [-0.4, -0.2) is 168 Å². The van der Waals surface area contributed by atoms with Crippen molar-refractivity contribution in [3.05, 3.63) is 342 Å². The minimum absolute atomic E-state index is 0. The van der Waals surface area contributed by atoms with Crippen LogP contribution in [0.1, 0.15) is 0 Å². The first-order valence-electron chi connectivity index (χ1n) is 40.0. The molecule has 682 valence electrons. The van der Waals surface area contributed by atoms with Gasteiger partial charge in [-0.3, -0.25) is 22.3 Å². The fourth-order valence-electron chi connectivity index (χ4n) is 13.0. The Morgan fingerprint density at radius 3 is 0.765 bits per heavy atom. The summed E-state index contributed by atoms with van der Waals surface area (Å²) in [7, 11) is 17.3. The van der Waals surface area contributed by atoms with E-state index in [4.69, 9.17) is 18.9 Å². The van der Waals surface area contributed by atoms with Crippen molar-refractivity contribution in [3.8, 4) is 46.0 Å². The topological polar surface area (TPSA) is 199 Å². The predicted molar refractivity (Wildman–Crippen MR) is 488 cm³/mol. The normalized spacial score (nSPS) is 15.9. The van der Waals surface area contributed by atoms with E-state index >= 15 is 0 Å². The molecule has 20 rings (SSSR count). The van der Waals surface area contributed by atoms with Crippen molar-refractivity contribution in [1.82, 2.24) is 83.1 Å². The second kappa shape index (κ2) is 46.9. The summed E-state index contributed by atoms with van der Waals surface area (Å²) in [5, 5.41) is 31.0. The van der Waals surface area contributed by atoms with E-state index in [-0.39, 0.29) is 105 Å². The summed E-state index contributed by atoms with van der Waals surface area (Å²) < 4.78 is 23.7. The van der Waals surface area contributed by atoms with Crippen LogP contribution >= 0.6 is 0 Å². The van der Waals surface area contributed by atoms with E-state index in [1.54, 1.807) is 89.2 Å². The Morgan fingerprint density at radius 1 is 0.273 bits per heavy atom. The molecule has 6 N–H and O–H groups in total. The van der Waals surface area contributed by atoms with Gasteiger partial charge in [-0.15, -0.1) is 73.3 Å². The van der Waals surface area contributed by atoms with Crippen LogP contribution in [0.4, 0.5) is 56.9 Å². The molecule has 10 aromatic rings. The molecule has 0 radical (unpaired) electrons. The smallest absolute Gasteiger partial charge is 0.515 e. The van der Waals surface area contributed by atoms with Crippen LogP contribution in [0.5, 0.6) is 46.0 Å². The number of nitrogens with zero attached hydrogens (tertiary/aromatic N) is 22. The maximum absolute atomic E-state index is 5.96. The summed E-state index contributed by atoms with van der Waals surface area (Å²) in [5.74, 6) is 4.79. The quantitative estimate of drug-likeness (QED) is 0.0311. The Labute approximate surface area is 845 Å². The molecule has 0 fully saturated rings. The zero-order chi connectivity index (χ0) is 87.9. The van der Waals surface area contributed by atoms with Gasteiger partial charge in [0.05, 0.1) is 34.7 Å². The van der Waals surface area contributed by atoms with E-state index in [0.717, 1.165) is 83.5 Å². The molecule has 0 unspecified atom stereocenters. The van der Waals surface area contributed by atoms with Gasteiger partial charge in [0, 0.05) is 70.5 Å². The average Bonchev–Trinajstić information content (AvgIpc) is 1.02. The van der Waals surface area contributed by atoms with Gasteiger partial charge < -0.3 is 109 Å². The maximum Gasteiger partial charge on any atom is 4.00 e. The van der Waals surface area contributed by atoms with Crippen molar-refractivity contribution < 1.29 is 124 Å². The van der Waals surface area contributed by atoms with Gasteiger partial charge in [-0.2, -0.15) is 140 Å². The van der Waals surface area contributed by atoms with E-state index in [1.165, 1.54) is 20.6 Å². The molecule has 0 saturated carbocycles. The fourth-order valence-corrected chi connectivity index (χ4v) is 15.2. The number of hydrogen-bond acceptors (Lipinski definition) is 32. The zero-order valence-corrected chi connectivity index (χ0v) is 85.7. The van der Waals surface area contributed by atoms with E-state index < -0.39 is 8.07 Å². The van der Waals surface area contributed by atoms with Crippen LogP contribution in [0.3, 0.4) is 0 Å². The van der Waals surface area contributed by atoms with E-state index in [9.17, 15) is 0 Å². The molecule has 10 heterocycles. The Bertz CT molecular complexity index is 5150. The van der Waals surface area contributed by atoms with E-state index in [2.05, 4.69) is 259 Å². The van der Waals surface area contributed by atoms with Crippen LogP contribution in [-0.2, 0) is 105 Å². The number of hydrazine groups is 12. The van der Waals surface area contributed by atoms with E-state index in [0.29, 0.717) is 46.0 Å². The molecule has 10 aliphatic rings. The first-order valence-corrected chi connectivity index (χ1v) is 43.0. The standard InChI is InChI=1S/C22H24N4Si.C20H18N4O.2C18H16N6O.C16H14N8O.5Pt/c1-23-11-13-25(17-23)19-7-5-9-21(15-19)27(3,4)22-10-6-8-20(16-22)26-14-12-24(2)18-26;1-21-9-11-23(15-21)17-5-3-7-19(13-17)25-20-8-4-6-18(14-20)24-12-10-22(2)16-24;1-21-9-11-23(19-21)15-5-3-7-17(13-15)25-18-8-4-6-16(14-18)24-12-10-22(2)20-24;1-21-19-9-11-23(21)15-5-3-7-17(13-15)25-18-8-4-6-16(14-18)24-12-10-20-22(24)2;1-21-17-11-23(19-21)13-5-3-7-15(9-13)25-16-8-4-6-14(10-16)24-12-18-22(2)20-24;;;;;/h5-12H,17-18H2,1-4H3;3-10H,15-16H2,1-2H3;2*3-10,19-20H,1-2H3;3-8,19-20H,1-2H3;;;;;/q5*-4;5*+4. The minimum Gasteiger partial charge on any atom is -0.515 e. The van der Waals surface area contributed by atoms with Crippen LogP contribution in [0, 0.1) is 110 Å². The second-order valence-electron chi connectivity index (χ2n) is 29.9. The molecule has 0 spiro atoms. The SMILES string of the molecule is CN1C=[C-]N(c2[c-]c(Oc3[c-]c(N4[C-]=CN(C)C4)ccc3)ccc2)C1.CN1C=[C-]N(c2[c-]c(Oc3[c-]c(N4[C-]=CN(C)N4)ccc3)ccc2)N1.CN1C=[C-]N(c2[c-]c([Si](C)(C)c3[c-]c(N4[C-]=CN(C)C4)ccc3)ccc2)C1.CN1N=[C-]N(c2[c-]c(Oc3[c-]c(N4[C-]=NN(C)N4)ccc3)ccc2)N1.CN1NC=[C-]N1c1[c-]c(Oc2[c-]c(N3[C-]=CNN3C)ccc2)ccc1.[Pt+4].[Pt+4].[Pt+4].[Pt+4].[Pt+4]. The van der Waals surface area contributed by atoms with Gasteiger partial charge in [-0.25, -0.2) is 176 Å². The molecular formula is C94H88N28O4Pt5Si. The molecule has 0 aromatic heterocycles. The summed E-state index contributed by atoms with van der Waals surface area (Å²) >= 11 is 0. The minimum atomic E-state index is -1.92. The molecule has 0 aliphatic carbocycles. The zero-order valence-electron chi connectivity index (χ0n) is 73.3. The van der Waals surface area contributed by atoms with Gasteiger partial charge in [0.2, 0.25) is 0 Å². The number of ether oxygens (including phenoxy) is 4. The number of rotatable bonds is 20. The van der Waals surface area contributed by atoms with Gasteiger partial charge >= 0.3 is 105 Å². The van der Waals surface area contributed by atoms with Crippen LogP contribution in [0.15, 0.2) is 242 Å². The summed E-state index contributed by atoms with van der Waals surface area (Å²) in [6.07, 6.45) is 45.6. The molecule has 0 bridgehead atoms. The largest absolute Gasteiger partial charge is 4.00 e. The number of hydrogen-bond donors (Lipinski definition) is 6. The molecule has 38 heteroatoms. The Kier molecular flexibility index (Phi) is 35.8. The monoisotopic (exact) mass is 2680 g/mol. The van der Waals surface area contributed by atoms with Gasteiger partial charge in [-0.05, 0) is 58.7 Å². The first kappa shape index (κ1) is 101. The molecule has 32 nitrogen and oxygen atoms in total. The van der Waals surface area contributed by atoms with Crippen LogP contribution in [0.2, 0.25) is 13.1 Å². The molecule has 132 heavy (non-hydrogen) atoms. The van der Waals surface area contributed by atoms with Crippen molar-refractivity contribution in [2.75, 3.05) is 147 Å². The second-order valence-corrected chi connectivity index (χ2v) is 34.2. The van der Waals surface area contributed by atoms with Crippen LogP contribution in [0.25, 0.3) is 0 Å². The third kappa shape index (κ3) is 26.3. The molecule has 0 amide bonds. The first-order chi connectivity index (χ1) is 61.6. The van der Waals surface area contributed by atoms with Crippen molar-refractivity contribution in [2.45, 2.75) is 13.1 Å². The molecule has 10 aromatic carbocycles. The predicted octanol–water partition coefficient (Wildman–Crippen LogP) is 10.1. The number of nitrogens with one attached hydrogen (secondary N) is 6. The Balaban J connectivity index is 0.000000158. The summed E-state index contributed by atoms with van der Waals surface area (Å²) in [4.78, 5) is 16.5. The fraction of sp³-hybridized carbons (Fsp3) is 0.170. The summed E-state index contributed by atoms with van der Waals surface area (Å²) in [6, 6.07) is 91.4. The van der Waals surface area contributed by atoms with Crippen molar-refractivity contribution in [2.24, 2.45) is 10.2 Å². The van der Waals surface area contributed by atoms with Gasteiger partial charge in [0.1, 0.15) is 0 Å². The van der Waals surface area contributed by atoms with Crippen molar-refractivity contribution in [3.63, 3.8) is 0 Å². The van der Waals surface area contributed by atoms with Gasteiger partial charge in [0.25, 0.3) is 0 Å². The Hall–Kier alpha value is -11.9. The third-order valence-electron chi connectivity index (χ3n) is 19.4. The van der Waals surface area contributed by atoms with Crippen molar-refractivity contribution >= 4 is 88.0 Å². The third-order valence-corrected chi connectivity index (χ3v) is 22.7. The number of hydrazone groups is 2. The molecule has 10 aliphatic heterocycles. The van der Waals surface area contributed by atoms with E-state index in [1.807, 2.05) is 222 Å². The molecular weight excluding hydrogens is 2590 g/mol. The summed E-state index contributed by atoms with van der Waals surface area (Å²) in [6.45, 7) is 7.87. The van der Waals surface area contributed by atoms with Crippen LogP contribution < -0.4 is 112 Å². The van der Waals surface area contributed by atoms with Gasteiger partial charge in [0.15, 0.2) is 0 Å². The molecule has 0 atom stereocenters.